The van der Waals surface area contributed by atoms with Crippen LogP contribution in [0.5, 0.6) is 0 Å². The zero-order chi connectivity index (χ0) is 18.5. The van der Waals surface area contributed by atoms with Gasteiger partial charge in [-0.2, -0.15) is 5.10 Å². The van der Waals surface area contributed by atoms with Gasteiger partial charge in [0.15, 0.2) is 0 Å². The molecule has 0 N–H and O–H groups in total. The summed E-state index contributed by atoms with van der Waals surface area (Å²) in [5, 5.41) is 5.57. The first-order valence-electron chi connectivity index (χ1n) is 8.61. The van der Waals surface area contributed by atoms with Gasteiger partial charge in [0.25, 0.3) is 0 Å². The molecule has 0 radical (unpaired) electrons. The van der Waals surface area contributed by atoms with Crippen molar-refractivity contribution >= 4 is 30.6 Å². The van der Waals surface area contributed by atoms with Crippen LogP contribution >= 0.6 is 11.6 Å². The lowest BCUT2D eigenvalue weighted by Gasteiger charge is -2.15. The first kappa shape index (κ1) is 17.6. The van der Waals surface area contributed by atoms with Crippen molar-refractivity contribution in [2.75, 3.05) is 6.61 Å². The van der Waals surface area contributed by atoms with Crippen molar-refractivity contribution in [1.29, 1.82) is 0 Å². The molecule has 1 aliphatic carbocycles. The van der Waals surface area contributed by atoms with E-state index in [0.29, 0.717) is 29.9 Å². The average Bonchev–Trinajstić information content (AvgIpc) is 2.96. The minimum Gasteiger partial charge on any atom is -0.360 e. The number of ether oxygens (including phenoxy) is 1. The monoisotopic (exact) mass is 390 g/mol. The van der Waals surface area contributed by atoms with E-state index in [1.165, 1.54) is 6.07 Å². The van der Waals surface area contributed by atoms with Crippen LogP contribution in [0.15, 0.2) is 18.3 Å². The van der Waals surface area contributed by atoms with Crippen molar-refractivity contribution in [3.63, 3.8) is 0 Å². The highest BCUT2D eigenvalue weighted by Crippen LogP contribution is 2.38. The second-order valence-corrected chi connectivity index (χ2v) is 13.8. The molecule has 0 saturated heterocycles. The minimum absolute atomic E-state index is 0.165. The maximum Gasteiger partial charge on any atom is 0.222 e. The maximum atomic E-state index is 14.6. The van der Waals surface area contributed by atoms with E-state index in [-0.39, 0.29) is 17.8 Å². The van der Waals surface area contributed by atoms with Crippen LogP contribution in [0.3, 0.4) is 0 Å². The number of halogens is 2. The van der Waals surface area contributed by atoms with Crippen molar-refractivity contribution in [2.45, 2.75) is 38.8 Å². The average molecular weight is 391 g/mol. The topological polar surface area (TPSA) is 52.8 Å². The summed E-state index contributed by atoms with van der Waals surface area (Å²) in [4.78, 5) is 8.39. The van der Waals surface area contributed by atoms with Gasteiger partial charge in [-0.3, -0.25) is 0 Å². The molecule has 0 unspecified atom stereocenters. The highest BCUT2D eigenvalue weighted by molar-refractivity contribution is 6.76. The first-order valence-corrected chi connectivity index (χ1v) is 12.7. The second-order valence-electron chi connectivity index (χ2n) is 7.82. The second kappa shape index (κ2) is 6.40. The molecule has 0 fully saturated rings. The Hall–Kier alpha value is -1.83. The molecule has 4 rings (SSSR count). The van der Waals surface area contributed by atoms with Crippen LogP contribution in [0.1, 0.15) is 11.1 Å². The molecule has 0 spiro atoms. The van der Waals surface area contributed by atoms with E-state index in [2.05, 4.69) is 34.7 Å². The van der Waals surface area contributed by atoms with E-state index < -0.39 is 8.07 Å². The van der Waals surface area contributed by atoms with E-state index in [1.807, 2.05) is 0 Å². The number of rotatable bonds is 5. The summed E-state index contributed by atoms with van der Waals surface area (Å²) in [6, 6.07) is 4.35. The van der Waals surface area contributed by atoms with Crippen LogP contribution in [0.4, 0.5) is 4.39 Å². The summed E-state index contributed by atoms with van der Waals surface area (Å²) in [7, 11) is -1.17. The molecule has 0 amide bonds. The molecule has 0 atom stereocenters. The maximum absolute atomic E-state index is 14.6. The largest absolute Gasteiger partial charge is 0.360 e. The van der Waals surface area contributed by atoms with Crippen molar-refractivity contribution < 1.29 is 9.13 Å². The van der Waals surface area contributed by atoms with E-state index in [0.717, 1.165) is 22.6 Å². The molecule has 2 aromatic heterocycles. The van der Waals surface area contributed by atoms with Gasteiger partial charge in [0.2, 0.25) is 5.28 Å². The Balaban J connectivity index is 1.74. The number of benzene rings is 1. The summed E-state index contributed by atoms with van der Waals surface area (Å²) >= 11 is 5.97. The van der Waals surface area contributed by atoms with E-state index in [4.69, 9.17) is 16.3 Å². The lowest BCUT2D eigenvalue weighted by Crippen LogP contribution is -2.22. The SMILES string of the molecule is C[Si](C)(C)CCOCn1nc2c3c(ccc(F)c31)Cc1cnc(Cl)nc1-2. The van der Waals surface area contributed by atoms with Crippen LogP contribution < -0.4 is 0 Å². The van der Waals surface area contributed by atoms with E-state index in [9.17, 15) is 4.39 Å². The van der Waals surface area contributed by atoms with Crippen LogP contribution in [0.2, 0.25) is 31.0 Å². The summed E-state index contributed by atoms with van der Waals surface area (Å²) in [5.74, 6) is -0.306. The number of aromatic nitrogens is 4. The van der Waals surface area contributed by atoms with Crippen LogP contribution in [0.25, 0.3) is 22.3 Å². The van der Waals surface area contributed by atoms with Gasteiger partial charge in [0.1, 0.15) is 23.8 Å². The third kappa shape index (κ3) is 3.15. The molecule has 0 bridgehead atoms. The summed E-state index contributed by atoms with van der Waals surface area (Å²) in [6.07, 6.45) is 2.35. The Morgan fingerprint density at radius 1 is 1.23 bits per heavy atom. The summed E-state index contributed by atoms with van der Waals surface area (Å²) in [6.45, 7) is 7.76. The Morgan fingerprint density at radius 2 is 2.04 bits per heavy atom. The van der Waals surface area contributed by atoms with Gasteiger partial charge in [-0.15, -0.1) is 0 Å². The van der Waals surface area contributed by atoms with Crippen molar-refractivity contribution in [2.24, 2.45) is 0 Å². The molecule has 136 valence electrons. The first-order chi connectivity index (χ1) is 12.3. The van der Waals surface area contributed by atoms with Gasteiger partial charge < -0.3 is 4.74 Å². The third-order valence-electron chi connectivity index (χ3n) is 4.58. The molecule has 0 aliphatic heterocycles. The Labute approximate surface area is 157 Å². The number of fused-ring (bicyclic) bond motifs is 2. The lowest BCUT2D eigenvalue weighted by molar-refractivity contribution is 0.0815. The van der Waals surface area contributed by atoms with Crippen LogP contribution in [-0.2, 0) is 17.9 Å². The quantitative estimate of drug-likeness (QED) is 0.286. The van der Waals surface area contributed by atoms with Crippen molar-refractivity contribution in [3.05, 3.63) is 40.6 Å². The molecule has 1 aliphatic rings. The molecule has 26 heavy (non-hydrogen) atoms. The molecule has 1 aromatic carbocycles. The van der Waals surface area contributed by atoms with Crippen molar-refractivity contribution in [3.8, 4) is 11.4 Å². The molecule has 2 heterocycles. The Kier molecular flexibility index (Phi) is 4.33. The van der Waals surface area contributed by atoms with E-state index in [1.54, 1.807) is 16.9 Å². The fourth-order valence-electron chi connectivity index (χ4n) is 3.21. The van der Waals surface area contributed by atoms with Gasteiger partial charge in [-0.25, -0.2) is 19.0 Å². The zero-order valence-electron chi connectivity index (χ0n) is 15.0. The predicted octanol–water partition coefficient (Wildman–Crippen LogP) is 4.50. The fourth-order valence-corrected chi connectivity index (χ4v) is 4.10. The lowest BCUT2D eigenvalue weighted by atomic mass is 9.92. The number of hydrogen-bond donors (Lipinski definition) is 0. The highest BCUT2D eigenvalue weighted by Gasteiger charge is 2.27. The van der Waals surface area contributed by atoms with Crippen LogP contribution in [-0.4, -0.2) is 34.4 Å². The zero-order valence-corrected chi connectivity index (χ0v) is 16.8. The molecule has 3 aromatic rings. The van der Waals surface area contributed by atoms with Gasteiger partial charge in [0.05, 0.1) is 5.69 Å². The summed E-state index contributed by atoms with van der Waals surface area (Å²) in [5.41, 5.74) is 3.75. The predicted molar refractivity (Wildman–Crippen MR) is 103 cm³/mol. The molecular formula is C18H20ClFN4OSi. The van der Waals surface area contributed by atoms with Crippen molar-refractivity contribution in [1.82, 2.24) is 19.7 Å². The smallest absolute Gasteiger partial charge is 0.222 e. The van der Waals surface area contributed by atoms with Crippen LogP contribution in [0, 0.1) is 5.82 Å². The Bertz CT molecular complexity index is 999. The normalized spacial score (nSPS) is 13.3. The molecule has 5 nitrogen and oxygen atoms in total. The minimum atomic E-state index is -1.17. The third-order valence-corrected chi connectivity index (χ3v) is 6.47. The standard InChI is InChI=1S/C18H20ClFN4OSi/c1-26(2,3)7-6-25-10-24-17-13(20)5-4-11-8-12-9-21-18(19)22-15(12)16(23-24)14(11)17/h4-5,9H,6-8,10H2,1-3H3. The van der Waals surface area contributed by atoms with Gasteiger partial charge in [0, 0.05) is 38.2 Å². The molecular weight excluding hydrogens is 371 g/mol. The molecule has 8 heteroatoms. The summed E-state index contributed by atoms with van der Waals surface area (Å²) < 4.78 is 22.0. The number of nitrogens with zero attached hydrogens (tertiary/aromatic N) is 4. The van der Waals surface area contributed by atoms with Gasteiger partial charge in [-0.05, 0) is 29.3 Å². The van der Waals surface area contributed by atoms with E-state index >= 15 is 0 Å². The highest BCUT2D eigenvalue weighted by atomic mass is 35.5. The molecule has 0 saturated carbocycles. The fraction of sp³-hybridized carbons (Fsp3) is 0.389. The van der Waals surface area contributed by atoms with Gasteiger partial charge >= 0.3 is 0 Å². The Morgan fingerprint density at radius 3 is 2.81 bits per heavy atom. The van der Waals surface area contributed by atoms with Gasteiger partial charge in [-0.1, -0.05) is 25.7 Å². The number of hydrogen-bond acceptors (Lipinski definition) is 4.